The summed E-state index contributed by atoms with van der Waals surface area (Å²) in [6.45, 7) is 4.66. The van der Waals surface area contributed by atoms with Gasteiger partial charge in [0.15, 0.2) is 11.5 Å². The Kier molecular flexibility index (Phi) is 7.97. The molecule has 1 N–H and O–H groups in total. The standard InChI is InChI=1S/C25H24N2O5/c1-3-30-21-13-11-20(12-14-21)25(29)32-22-15-10-18(16-23(22)31-4-2)17-26-27-24(28)19-8-6-5-7-9-19/h5-17H,3-4H2,1-2H3,(H,27,28)/b26-17-. The third-order valence-electron chi connectivity index (χ3n) is 4.29. The Bertz CT molecular complexity index is 1080. The molecule has 0 aliphatic carbocycles. The molecule has 0 aliphatic rings. The molecule has 0 atom stereocenters. The molecular formula is C25H24N2O5. The van der Waals surface area contributed by atoms with Gasteiger partial charge < -0.3 is 14.2 Å². The number of hydrazone groups is 1. The summed E-state index contributed by atoms with van der Waals surface area (Å²) in [5.41, 5.74) is 4.05. The Morgan fingerprint density at radius 3 is 2.25 bits per heavy atom. The molecule has 3 aromatic carbocycles. The van der Waals surface area contributed by atoms with Crippen molar-refractivity contribution >= 4 is 18.1 Å². The largest absolute Gasteiger partial charge is 0.494 e. The van der Waals surface area contributed by atoms with E-state index in [4.69, 9.17) is 14.2 Å². The van der Waals surface area contributed by atoms with Gasteiger partial charge in [-0.05, 0) is 74.0 Å². The number of amides is 1. The lowest BCUT2D eigenvalue weighted by Crippen LogP contribution is -2.17. The molecule has 0 fully saturated rings. The van der Waals surface area contributed by atoms with E-state index in [0.717, 1.165) is 0 Å². The van der Waals surface area contributed by atoms with Gasteiger partial charge in [-0.2, -0.15) is 5.10 Å². The van der Waals surface area contributed by atoms with Crippen LogP contribution in [0.25, 0.3) is 0 Å². The first-order chi connectivity index (χ1) is 15.6. The van der Waals surface area contributed by atoms with Gasteiger partial charge in [0.05, 0.1) is 25.0 Å². The maximum Gasteiger partial charge on any atom is 0.343 e. The molecule has 0 spiro atoms. The minimum absolute atomic E-state index is 0.288. The van der Waals surface area contributed by atoms with Crippen LogP contribution in [0.2, 0.25) is 0 Å². The van der Waals surface area contributed by atoms with Crippen LogP contribution < -0.4 is 19.6 Å². The van der Waals surface area contributed by atoms with E-state index < -0.39 is 5.97 Å². The number of rotatable bonds is 9. The number of hydrogen-bond donors (Lipinski definition) is 1. The van der Waals surface area contributed by atoms with E-state index in [0.29, 0.717) is 41.4 Å². The molecule has 0 aromatic heterocycles. The van der Waals surface area contributed by atoms with Crippen molar-refractivity contribution in [3.8, 4) is 17.2 Å². The predicted octanol–water partition coefficient (Wildman–Crippen LogP) is 4.47. The maximum atomic E-state index is 12.5. The number of esters is 1. The van der Waals surface area contributed by atoms with E-state index in [-0.39, 0.29) is 11.7 Å². The van der Waals surface area contributed by atoms with Crippen LogP contribution in [0, 0.1) is 0 Å². The summed E-state index contributed by atoms with van der Waals surface area (Å²) >= 11 is 0. The van der Waals surface area contributed by atoms with Crippen LogP contribution in [-0.2, 0) is 0 Å². The van der Waals surface area contributed by atoms with E-state index in [1.807, 2.05) is 19.9 Å². The van der Waals surface area contributed by atoms with Gasteiger partial charge in [0.1, 0.15) is 5.75 Å². The van der Waals surface area contributed by atoms with Crippen LogP contribution in [0.3, 0.4) is 0 Å². The molecule has 3 aromatic rings. The third-order valence-corrected chi connectivity index (χ3v) is 4.29. The molecule has 1 amide bonds. The highest BCUT2D eigenvalue weighted by molar-refractivity contribution is 5.95. The molecule has 164 valence electrons. The molecule has 7 nitrogen and oxygen atoms in total. The Balaban J connectivity index is 1.68. The van der Waals surface area contributed by atoms with Crippen molar-refractivity contribution in [2.24, 2.45) is 5.10 Å². The number of nitrogens with zero attached hydrogens (tertiary/aromatic N) is 1. The van der Waals surface area contributed by atoms with E-state index in [9.17, 15) is 9.59 Å². The van der Waals surface area contributed by atoms with Crippen molar-refractivity contribution in [3.63, 3.8) is 0 Å². The van der Waals surface area contributed by atoms with E-state index in [1.165, 1.54) is 6.21 Å². The van der Waals surface area contributed by atoms with Crippen molar-refractivity contribution in [2.75, 3.05) is 13.2 Å². The first kappa shape index (κ1) is 22.6. The Morgan fingerprint density at radius 1 is 0.844 bits per heavy atom. The van der Waals surface area contributed by atoms with Crippen LogP contribution in [0.4, 0.5) is 0 Å². The number of ether oxygens (including phenoxy) is 3. The van der Waals surface area contributed by atoms with Crippen molar-refractivity contribution < 1.29 is 23.8 Å². The summed E-state index contributed by atoms with van der Waals surface area (Å²) in [6.07, 6.45) is 1.49. The number of hydrogen-bond acceptors (Lipinski definition) is 6. The molecule has 7 heteroatoms. The summed E-state index contributed by atoms with van der Waals surface area (Å²) in [5, 5.41) is 3.98. The SMILES string of the molecule is CCOc1ccc(C(=O)Oc2ccc(/C=N\NC(=O)c3ccccc3)cc2OCC)cc1. The zero-order chi connectivity index (χ0) is 22.8. The minimum Gasteiger partial charge on any atom is -0.494 e. The van der Waals surface area contributed by atoms with Gasteiger partial charge in [-0.25, -0.2) is 10.2 Å². The van der Waals surface area contributed by atoms with Crippen molar-refractivity contribution in [3.05, 3.63) is 89.5 Å². The predicted molar refractivity (Wildman–Crippen MR) is 122 cm³/mol. The molecule has 3 rings (SSSR count). The minimum atomic E-state index is -0.509. The quantitative estimate of drug-likeness (QED) is 0.233. The van der Waals surface area contributed by atoms with Gasteiger partial charge in [-0.1, -0.05) is 18.2 Å². The van der Waals surface area contributed by atoms with Gasteiger partial charge in [-0.3, -0.25) is 4.79 Å². The first-order valence-electron chi connectivity index (χ1n) is 10.2. The van der Waals surface area contributed by atoms with Crippen LogP contribution in [0.5, 0.6) is 17.2 Å². The summed E-state index contributed by atoms with van der Waals surface area (Å²) in [6, 6.07) is 20.5. The lowest BCUT2D eigenvalue weighted by molar-refractivity contribution is 0.0728. The van der Waals surface area contributed by atoms with Crippen LogP contribution in [0.15, 0.2) is 77.9 Å². The van der Waals surface area contributed by atoms with E-state index in [2.05, 4.69) is 10.5 Å². The molecule has 0 saturated heterocycles. The fourth-order valence-electron chi connectivity index (χ4n) is 2.79. The number of benzene rings is 3. The summed E-state index contributed by atoms with van der Waals surface area (Å²) < 4.78 is 16.5. The summed E-state index contributed by atoms with van der Waals surface area (Å²) in [7, 11) is 0. The molecule has 0 radical (unpaired) electrons. The Labute approximate surface area is 186 Å². The third kappa shape index (κ3) is 6.18. The zero-order valence-electron chi connectivity index (χ0n) is 17.9. The Morgan fingerprint density at radius 2 is 1.56 bits per heavy atom. The fraction of sp³-hybridized carbons (Fsp3) is 0.160. The lowest BCUT2D eigenvalue weighted by atomic mass is 10.2. The maximum absolute atomic E-state index is 12.5. The highest BCUT2D eigenvalue weighted by atomic mass is 16.6. The second kappa shape index (κ2) is 11.3. The van der Waals surface area contributed by atoms with Crippen LogP contribution in [0.1, 0.15) is 40.1 Å². The average Bonchev–Trinajstić information content (AvgIpc) is 2.82. The topological polar surface area (TPSA) is 86.2 Å². The number of carbonyl (C=O) groups excluding carboxylic acids is 2. The van der Waals surface area contributed by atoms with Gasteiger partial charge in [-0.15, -0.1) is 0 Å². The zero-order valence-corrected chi connectivity index (χ0v) is 17.9. The number of carbonyl (C=O) groups is 2. The Hall–Kier alpha value is -4.13. The molecule has 32 heavy (non-hydrogen) atoms. The second-order valence-electron chi connectivity index (χ2n) is 6.55. The lowest BCUT2D eigenvalue weighted by Gasteiger charge is -2.11. The van der Waals surface area contributed by atoms with Gasteiger partial charge in [0.2, 0.25) is 0 Å². The monoisotopic (exact) mass is 432 g/mol. The van der Waals surface area contributed by atoms with E-state index in [1.54, 1.807) is 66.7 Å². The number of nitrogens with one attached hydrogen (secondary N) is 1. The normalized spacial score (nSPS) is 10.6. The molecule has 0 aliphatic heterocycles. The second-order valence-corrected chi connectivity index (χ2v) is 6.55. The van der Waals surface area contributed by atoms with Crippen LogP contribution in [-0.4, -0.2) is 31.3 Å². The van der Waals surface area contributed by atoms with Crippen LogP contribution >= 0.6 is 0 Å². The van der Waals surface area contributed by atoms with Gasteiger partial charge >= 0.3 is 5.97 Å². The van der Waals surface area contributed by atoms with Crippen molar-refractivity contribution in [1.82, 2.24) is 5.43 Å². The first-order valence-corrected chi connectivity index (χ1v) is 10.2. The highest BCUT2D eigenvalue weighted by Gasteiger charge is 2.13. The summed E-state index contributed by atoms with van der Waals surface area (Å²) in [5.74, 6) is 0.543. The molecule has 0 bridgehead atoms. The highest BCUT2D eigenvalue weighted by Crippen LogP contribution is 2.29. The molecule has 0 unspecified atom stereocenters. The van der Waals surface area contributed by atoms with Gasteiger partial charge in [0, 0.05) is 5.56 Å². The smallest absolute Gasteiger partial charge is 0.343 e. The van der Waals surface area contributed by atoms with Crippen molar-refractivity contribution in [1.29, 1.82) is 0 Å². The molecule has 0 saturated carbocycles. The van der Waals surface area contributed by atoms with Crippen molar-refractivity contribution in [2.45, 2.75) is 13.8 Å². The fourth-order valence-corrected chi connectivity index (χ4v) is 2.79. The average molecular weight is 432 g/mol. The van der Waals surface area contributed by atoms with E-state index >= 15 is 0 Å². The molecule has 0 heterocycles. The summed E-state index contributed by atoms with van der Waals surface area (Å²) in [4.78, 5) is 24.6. The molecular weight excluding hydrogens is 408 g/mol. The van der Waals surface area contributed by atoms with Gasteiger partial charge in [0.25, 0.3) is 5.91 Å².